The molecule has 1 aromatic carbocycles. The first-order valence-corrected chi connectivity index (χ1v) is 7.52. The molecular formula is C16H23ClO2. The Balaban J connectivity index is 2.13. The van der Waals surface area contributed by atoms with E-state index in [1.165, 1.54) is 17.5 Å². The molecule has 1 aliphatic rings. The van der Waals surface area contributed by atoms with Crippen molar-refractivity contribution in [1.82, 2.24) is 0 Å². The van der Waals surface area contributed by atoms with Gasteiger partial charge in [-0.3, -0.25) is 0 Å². The van der Waals surface area contributed by atoms with Gasteiger partial charge in [0.15, 0.2) is 6.29 Å². The van der Waals surface area contributed by atoms with E-state index in [1.807, 2.05) is 0 Å². The normalized spacial score (nSPS) is 20.5. The van der Waals surface area contributed by atoms with Gasteiger partial charge in [-0.2, -0.15) is 0 Å². The van der Waals surface area contributed by atoms with Crippen molar-refractivity contribution in [3.63, 3.8) is 0 Å². The molecule has 2 nitrogen and oxygen atoms in total. The fourth-order valence-electron chi connectivity index (χ4n) is 2.39. The molecule has 1 aromatic rings. The Morgan fingerprint density at radius 1 is 1.37 bits per heavy atom. The van der Waals surface area contributed by atoms with E-state index in [9.17, 15) is 0 Å². The summed E-state index contributed by atoms with van der Waals surface area (Å²) in [6.07, 6.45) is 3.23. The zero-order valence-corrected chi connectivity index (χ0v) is 12.8. The second-order valence-corrected chi connectivity index (χ2v) is 5.97. The van der Waals surface area contributed by atoms with Crippen LogP contribution in [0.15, 0.2) is 18.2 Å². The Bertz CT molecular complexity index is 423. The van der Waals surface area contributed by atoms with Crippen molar-refractivity contribution < 1.29 is 9.47 Å². The quantitative estimate of drug-likeness (QED) is 0.757. The van der Waals surface area contributed by atoms with E-state index in [0.717, 1.165) is 25.0 Å². The van der Waals surface area contributed by atoms with Gasteiger partial charge in [0.2, 0.25) is 0 Å². The Kier molecular flexibility index (Phi) is 4.88. The molecule has 3 heteroatoms. The zero-order valence-electron chi connectivity index (χ0n) is 12.0. The molecule has 1 heterocycles. The summed E-state index contributed by atoms with van der Waals surface area (Å²) in [5.41, 5.74) is 3.20. The highest BCUT2D eigenvalue weighted by Crippen LogP contribution is 2.30. The summed E-state index contributed by atoms with van der Waals surface area (Å²) in [6.45, 7) is 7.07. The van der Waals surface area contributed by atoms with E-state index >= 15 is 0 Å². The summed E-state index contributed by atoms with van der Waals surface area (Å²) < 4.78 is 11.8. The average Bonchev–Trinajstić information content (AvgIpc) is 2.39. The second kappa shape index (κ2) is 6.25. The monoisotopic (exact) mass is 282 g/mol. The molecule has 1 atom stereocenters. The van der Waals surface area contributed by atoms with Gasteiger partial charge in [0.1, 0.15) is 0 Å². The Morgan fingerprint density at radius 3 is 2.79 bits per heavy atom. The standard InChI is InChI=1S/C16H23ClO2/c1-12-7-8-14(10-13(12)11-17)16(2,3)19-15-6-4-5-9-18-15/h7-8,10,15H,4-6,9,11H2,1-3H3. The smallest absolute Gasteiger partial charge is 0.158 e. The van der Waals surface area contributed by atoms with Gasteiger partial charge in [0.05, 0.1) is 5.60 Å². The van der Waals surface area contributed by atoms with E-state index in [1.54, 1.807) is 0 Å². The van der Waals surface area contributed by atoms with Crippen molar-refractivity contribution >= 4 is 11.6 Å². The van der Waals surface area contributed by atoms with Crippen LogP contribution in [-0.2, 0) is 21.0 Å². The molecule has 2 rings (SSSR count). The molecular weight excluding hydrogens is 260 g/mol. The van der Waals surface area contributed by atoms with Crippen LogP contribution in [0.2, 0.25) is 0 Å². The van der Waals surface area contributed by atoms with Crippen molar-refractivity contribution in [2.24, 2.45) is 0 Å². The molecule has 0 amide bonds. The highest BCUT2D eigenvalue weighted by molar-refractivity contribution is 6.17. The predicted octanol–water partition coefficient (Wildman–Crippen LogP) is 4.51. The first-order chi connectivity index (χ1) is 9.03. The fraction of sp³-hybridized carbons (Fsp3) is 0.625. The lowest BCUT2D eigenvalue weighted by atomic mass is 9.94. The van der Waals surface area contributed by atoms with Crippen LogP contribution in [0.5, 0.6) is 0 Å². The van der Waals surface area contributed by atoms with E-state index in [2.05, 4.69) is 39.0 Å². The maximum Gasteiger partial charge on any atom is 0.158 e. The largest absolute Gasteiger partial charge is 0.353 e. The lowest BCUT2D eigenvalue weighted by Crippen LogP contribution is -2.32. The molecule has 0 N–H and O–H groups in total. The maximum absolute atomic E-state index is 6.14. The summed E-state index contributed by atoms with van der Waals surface area (Å²) in [5.74, 6) is 0.537. The summed E-state index contributed by atoms with van der Waals surface area (Å²) in [5, 5.41) is 0. The molecule has 19 heavy (non-hydrogen) atoms. The molecule has 0 radical (unpaired) electrons. The summed E-state index contributed by atoms with van der Waals surface area (Å²) in [7, 11) is 0. The Hall–Kier alpha value is -0.570. The van der Waals surface area contributed by atoms with Gasteiger partial charge < -0.3 is 9.47 Å². The van der Waals surface area contributed by atoms with Crippen molar-refractivity contribution in [2.75, 3.05) is 6.61 Å². The molecule has 0 bridgehead atoms. The average molecular weight is 283 g/mol. The first kappa shape index (κ1) is 14.8. The number of halogens is 1. The number of aryl methyl sites for hydroxylation is 1. The van der Waals surface area contributed by atoms with E-state index in [0.29, 0.717) is 5.88 Å². The van der Waals surface area contributed by atoms with Gasteiger partial charge in [-0.25, -0.2) is 0 Å². The zero-order chi connectivity index (χ0) is 13.9. The lowest BCUT2D eigenvalue weighted by Gasteiger charge is -2.33. The van der Waals surface area contributed by atoms with Crippen LogP contribution in [0.3, 0.4) is 0 Å². The van der Waals surface area contributed by atoms with Gasteiger partial charge in [-0.1, -0.05) is 18.2 Å². The van der Waals surface area contributed by atoms with Gasteiger partial charge in [-0.05, 0) is 56.7 Å². The summed E-state index contributed by atoms with van der Waals surface area (Å²) in [4.78, 5) is 0. The third kappa shape index (κ3) is 3.71. The molecule has 1 aliphatic heterocycles. The van der Waals surface area contributed by atoms with Crippen LogP contribution in [-0.4, -0.2) is 12.9 Å². The van der Waals surface area contributed by atoms with Crippen LogP contribution < -0.4 is 0 Å². The van der Waals surface area contributed by atoms with Crippen LogP contribution in [0, 0.1) is 6.92 Å². The van der Waals surface area contributed by atoms with Gasteiger partial charge in [-0.15, -0.1) is 11.6 Å². The second-order valence-electron chi connectivity index (χ2n) is 5.70. The number of hydrogen-bond acceptors (Lipinski definition) is 2. The topological polar surface area (TPSA) is 18.5 Å². The summed E-state index contributed by atoms with van der Waals surface area (Å²) in [6, 6.07) is 6.37. The fourth-order valence-corrected chi connectivity index (χ4v) is 2.68. The van der Waals surface area contributed by atoms with Crippen molar-refractivity contribution in [1.29, 1.82) is 0 Å². The maximum atomic E-state index is 6.14. The van der Waals surface area contributed by atoms with Crippen LogP contribution in [0.4, 0.5) is 0 Å². The minimum absolute atomic E-state index is 0.0792. The lowest BCUT2D eigenvalue weighted by molar-refractivity contribution is -0.219. The van der Waals surface area contributed by atoms with Crippen LogP contribution >= 0.6 is 11.6 Å². The van der Waals surface area contributed by atoms with E-state index in [-0.39, 0.29) is 11.9 Å². The third-order valence-electron chi connectivity index (χ3n) is 3.75. The number of rotatable bonds is 4. The molecule has 1 unspecified atom stereocenters. The summed E-state index contributed by atoms with van der Waals surface area (Å²) >= 11 is 5.98. The highest BCUT2D eigenvalue weighted by atomic mass is 35.5. The van der Waals surface area contributed by atoms with Crippen LogP contribution in [0.25, 0.3) is 0 Å². The molecule has 0 aliphatic carbocycles. The minimum Gasteiger partial charge on any atom is -0.353 e. The SMILES string of the molecule is Cc1ccc(C(C)(C)OC2CCCCO2)cc1CCl. The van der Waals surface area contributed by atoms with Crippen molar-refractivity contribution in [3.05, 3.63) is 34.9 Å². The van der Waals surface area contributed by atoms with Crippen molar-refractivity contribution in [2.45, 2.75) is 57.8 Å². The number of ether oxygens (including phenoxy) is 2. The van der Waals surface area contributed by atoms with E-state index in [4.69, 9.17) is 21.1 Å². The molecule has 0 spiro atoms. The Labute approximate surface area is 121 Å². The van der Waals surface area contributed by atoms with Gasteiger partial charge >= 0.3 is 0 Å². The number of alkyl halides is 1. The van der Waals surface area contributed by atoms with E-state index < -0.39 is 0 Å². The van der Waals surface area contributed by atoms with Gasteiger partial charge in [0, 0.05) is 12.5 Å². The predicted molar refractivity (Wildman–Crippen MR) is 78.4 cm³/mol. The minimum atomic E-state index is -0.351. The van der Waals surface area contributed by atoms with Crippen molar-refractivity contribution in [3.8, 4) is 0 Å². The molecule has 0 aromatic heterocycles. The van der Waals surface area contributed by atoms with Crippen LogP contribution in [0.1, 0.15) is 49.8 Å². The first-order valence-electron chi connectivity index (χ1n) is 6.98. The third-order valence-corrected chi connectivity index (χ3v) is 4.04. The molecule has 1 fully saturated rings. The highest BCUT2D eigenvalue weighted by Gasteiger charge is 2.27. The number of benzene rings is 1. The molecule has 106 valence electrons. The number of hydrogen-bond donors (Lipinski definition) is 0. The Morgan fingerprint density at radius 2 is 2.16 bits per heavy atom. The molecule has 0 saturated carbocycles. The molecule has 1 saturated heterocycles. The van der Waals surface area contributed by atoms with Gasteiger partial charge in [0.25, 0.3) is 0 Å².